The maximum Gasteiger partial charge on any atom is 0.336 e. The summed E-state index contributed by atoms with van der Waals surface area (Å²) < 4.78 is 11.8. The molecule has 2 aromatic carbocycles. The van der Waals surface area contributed by atoms with E-state index in [1.54, 1.807) is 6.07 Å². The molecule has 0 saturated heterocycles. The Morgan fingerprint density at radius 1 is 1.17 bits per heavy atom. The van der Waals surface area contributed by atoms with Gasteiger partial charge in [-0.25, -0.2) is 4.79 Å². The second-order valence-corrected chi connectivity index (χ2v) is 7.92. The fourth-order valence-electron chi connectivity index (χ4n) is 4.13. The van der Waals surface area contributed by atoms with E-state index in [1.165, 1.54) is 0 Å². The maximum absolute atomic E-state index is 12.1. The summed E-state index contributed by atoms with van der Waals surface area (Å²) in [7, 11) is 2.07. The number of nitrogens with zero attached hydrogens (tertiary/aromatic N) is 2. The highest BCUT2D eigenvalue weighted by Crippen LogP contribution is 2.33. The number of aryl methyl sites for hydroxylation is 2. The lowest BCUT2D eigenvalue weighted by molar-refractivity contribution is 0.140. The van der Waals surface area contributed by atoms with Crippen LogP contribution in [-0.2, 0) is 6.54 Å². The predicted molar refractivity (Wildman–Crippen MR) is 117 cm³/mol. The zero-order valence-corrected chi connectivity index (χ0v) is 17.6. The molecule has 5 heteroatoms. The molecule has 0 radical (unpaired) electrons. The van der Waals surface area contributed by atoms with Crippen LogP contribution < -0.4 is 15.3 Å². The van der Waals surface area contributed by atoms with Crippen molar-refractivity contribution in [2.75, 3.05) is 31.6 Å². The first-order valence-electron chi connectivity index (χ1n) is 10.2. The molecule has 0 N–H and O–H groups in total. The molecule has 0 amide bonds. The Balaban J connectivity index is 1.54. The van der Waals surface area contributed by atoms with E-state index in [0.717, 1.165) is 53.1 Å². The normalized spacial score (nSPS) is 16.2. The van der Waals surface area contributed by atoms with Crippen LogP contribution in [0.2, 0.25) is 0 Å². The molecule has 0 bridgehead atoms. The second-order valence-electron chi connectivity index (χ2n) is 7.92. The molecule has 0 unspecified atom stereocenters. The monoisotopic (exact) mass is 392 g/mol. The van der Waals surface area contributed by atoms with Crippen LogP contribution in [0.25, 0.3) is 11.0 Å². The van der Waals surface area contributed by atoms with Crippen molar-refractivity contribution in [2.45, 2.75) is 33.4 Å². The number of benzene rings is 2. The Hall–Kier alpha value is -2.79. The zero-order valence-electron chi connectivity index (χ0n) is 17.6. The smallest absolute Gasteiger partial charge is 0.336 e. The number of anilines is 1. The van der Waals surface area contributed by atoms with E-state index in [9.17, 15) is 4.79 Å². The number of likely N-dealkylation sites (N-methyl/N-ethyl adjacent to an activating group) is 2. The minimum Gasteiger partial charge on any atom is -0.485 e. The van der Waals surface area contributed by atoms with E-state index in [-0.39, 0.29) is 11.7 Å². The van der Waals surface area contributed by atoms with Crippen LogP contribution in [0.4, 0.5) is 5.69 Å². The van der Waals surface area contributed by atoms with Gasteiger partial charge in [0.1, 0.15) is 17.4 Å². The van der Waals surface area contributed by atoms with Gasteiger partial charge < -0.3 is 14.1 Å². The SMILES string of the molecule is CCN1C[C@H](CN(C)Cc2cc(=O)oc3c(C)c(C)ccc23)Oc2ccccc21. The molecule has 29 heavy (non-hydrogen) atoms. The van der Waals surface area contributed by atoms with Crippen molar-refractivity contribution < 1.29 is 9.15 Å². The molecule has 4 rings (SSSR count). The van der Waals surface area contributed by atoms with E-state index in [1.807, 2.05) is 32.0 Å². The van der Waals surface area contributed by atoms with Crippen molar-refractivity contribution in [3.8, 4) is 5.75 Å². The Bertz CT molecular complexity index is 1090. The minimum atomic E-state index is -0.297. The molecule has 1 atom stereocenters. The van der Waals surface area contributed by atoms with Gasteiger partial charge in [0.05, 0.1) is 12.2 Å². The summed E-state index contributed by atoms with van der Waals surface area (Å²) in [6, 6.07) is 14.0. The minimum absolute atomic E-state index is 0.0743. The molecule has 5 nitrogen and oxygen atoms in total. The fourth-order valence-corrected chi connectivity index (χ4v) is 4.13. The first kappa shape index (κ1) is 19.5. The van der Waals surface area contributed by atoms with Gasteiger partial charge in [0.15, 0.2) is 0 Å². The first-order valence-corrected chi connectivity index (χ1v) is 10.2. The first-order chi connectivity index (χ1) is 14.0. The summed E-state index contributed by atoms with van der Waals surface area (Å²) in [5.74, 6) is 0.941. The lowest BCUT2D eigenvalue weighted by atomic mass is 10.0. The summed E-state index contributed by atoms with van der Waals surface area (Å²) in [5.41, 5.74) is 4.70. The fraction of sp³-hybridized carbons (Fsp3) is 0.375. The van der Waals surface area contributed by atoms with Crippen LogP contribution in [-0.4, -0.2) is 37.7 Å². The number of para-hydroxylation sites is 2. The van der Waals surface area contributed by atoms with Crippen molar-refractivity contribution in [1.29, 1.82) is 0 Å². The van der Waals surface area contributed by atoms with Crippen molar-refractivity contribution in [2.24, 2.45) is 0 Å². The number of hydrogen-bond donors (Lipinski definition) is 0. The molecule has 1 aliphatic heterocycles. The van der Waals surface area contributed by atoms with Gasteiger partial charge in [0, 0.05) is 31.1 Å². The third-order valence-electron chi connectivity index (χ3n) is 5.78. The molecule has 0 spiro atoms. The third-order valence-corrected chi connectivity index (χ3v) is 5.78. The summed E-state index contributed by atoms with van der Waals surface area (Å²) in [4.78, 5) is 16.7. The summed E-state index contributed by atoms with van der Waals surface area (Å²) in [5, 5.41) is 1.00. The highest BCUT2D eigenvalue weighted by molar-refractivity contribution is 5.83. The lowest BCUT2D eigenvalue weighted by Crippen LogP contribution is -2.45. The highest BCUT2D eigenvalue weighted by Gasteiger charge is 2.25. The Kier molecular flexibility index (Phi) is 5.33. The number of ether oxygens (including phenoxy) is 1. The molecule has 3 aromatic rings. The molecular weight excluding hydrogens is 364 g/mol. The van der Waals surface area contributed by atoms with Crippen LogP contribution in [0.5, 0.6) is 5.75 Å². The van der Waals surface area contributed by atoms with Gasteiger partial charge in [-0.15, -0.1) is 0 Å². The zero-order chi connectivity index (χ0) is 20.5. The van der Waals surface area contributed by atoms with Crippen molar-refractivity contribution in [1.82, 2.24) is 4.90 Å². The average molecular weight is 392 g/mol. The summed E-state index contributed by atoms with van der Waals surface area (Å²) in [6.07, 6.45) is 0.0743. The van der Waals surface area contributed by atoms with Crippen LogP contribution in [0, 0.1) is 13.8 Å². The van der Waals surface area contributed by atoms with Gasteiger partial charge in [0.25, 0.3) is 0 Å². The van der Waals surface area contributed by atoms with Gasteiger partial charge in [-0.05, 0) is 56.6 Å². The highest BCUT2D eigenvalue weighted by atomic mass is 16.5. The van der Waals surface area contributed by atoms with Crippen molar-refractivity contribution in [3.63, 3.8) is 0 Å². The van der Waals surface area contributed by atoms with Crippen LogP contribution >= 0.6 is 0 Å². The lowest BCUT2D eigenvalue weighted by Gasteiger charge is -2.37. The van der Waals surface area contributed by atoms with Crippen LogP contribution in [0.3, 0.4) is 0 Å². The Morgan fingerprint density at radius 3 is 2.76 bits per heavy atom. The van der Waals surface area contributed by atoms with Gasteiger partial charge in [0.2, 0.25) is 0 Å². The summed E-state index contributed by atoms with van der Waals surface area (Å²) in [6.45, 7) is 9.45. The third kappa shape index (κ3) is 3.87. The number of hydrogen-bond acceptors (Lipinski definition) is 5. The van der Waals surface area contributed by atoms with Crippen molar-refractivity contribution >= 4 is 16.7 Å². The van der Waals surface area contributed by atoms with E-state index in [2.05, 4.69) is 42.0 Å². The number of rotatable bonds is 5. The van der Waals surface area contributed by atoms with E-state index < -0.39 is 0 Å². The standard InChI is InChI=1S/C24H28N2O3/c1-5-26-15-19(28-22-9-7-6-8-21(22)26)14-25(4)13-18-12-23(27)29-24-17(3)16(2)10-11-20(18)24/h6-12,19H,5,13-15H2,1-4H3/t19-/m0/s1. The van der Waals surface area contributed by atoms with Gasteiger partial charge in [-0.3, -0.25) is 4.90 Å². The van der Waals surface area contributed by atoms with Gasteiger partial charge >= 0.3 is 5.63 Å². The average Bonchev–Trinajstić information content (AvgIpc) is 2.70. The second kappa shape index (κ2) is 7.91. The largest absolute Gasteiger partial charge is 0.485 e. The summed E-state index contributed by atoms with van der Waals surface area (Å²) >= 11 is 0. The molecular formula is C24H28N2O3. The molecule has 0 fully saturated rings. The van der Waals surface area contributed by atoms with Crippen LogP contribution in [0.15, 0.2) is 51.7 Å². The Morgan fingerprint density at radius 2 is 1.97 bits per heavy atom. The molecule has 152 valence electrons. The van der Waals surface area contributed by atoms with E-state index >= 15 is 0 Å². The predicted octanol–water partition coefficient (Wildman–Crippen LogP) is 4.13. The van der Waals surface area contributed by atoms with Crippen LogP contribution in [0.1, 0.15) is 23.6 Å². The maximum atomic E-state index is 12.1. The number of fused-ring (bicyclic) bond motifs is 2. The van der Waals surface area contributed by atoms with Gasteiger partial charge in [-0.1, -0.05) is 24.3 Å². The van der Waals surface area contributed by atoms with Gasteiger partial charge in [-0.2, -0.15) is 0 Å². The molecule has 2 heterocycles. The van der Waals surface area contributed by atoms with Crippen molar-refractivity contribution in [3.05, 3.63) is 69.6 Å². The molecule has 0 saturated carbocycles. The Labute approximate surface area is 171 Å². The molecule has 1 aromatic heterocycles. The molecule has 0 aliphatic carbocycles. The quantitative estimate of drug-likeness (QED) is 0.611. The molecule has 1 aliphatic rings. The topological polar surface area (TPSA) is 45.9 Å². The van der Waals surface area contributed by atoms with E-state index in [4.69, 9.17) is 9.15 Å². The van der Waals surface area contributed by atoms with E-state index in [0.29, 0.717) is 12.1 Å².